The molecule has 0 atom stereocenters. The summed E-state index contributed by atoms with van der Waals surface area (Å²) in [5, 5.41) is 8.63. The van der Waals surface area contributed by atoms with E-state index in [0.717, 1.165) is 18.7 Å². The Morgan fingerprint density at radius 1 is 1.35 bits per heavy atom. The summed E-state index contributed by atoms with van der Waals surface area (Å²) in [5.74, 6) is 0.308. The van der Waals surface area contributed by atoms with Crippen molar-refractivity contribution in [2.75, 3.05) is 25.9 Å². The third kappa shape index (κ3) is 5.75. The molecule has 0 aliphatic carbocycles. The van der Waals surface area contributed by atoms with Crippen LogP contribution in [0.3, 0.4) is 0 Å². The molecule has 0 radical (unpaired) electrons. The van der Waals surface area contributed by atoms with Crippen molar-refractivity contribution in [2.24, 2.45) is 0 Å². The predicted molar refractivity (Wildman–Crippen MR) is 71.7 cm³/mol. The molecule has 0 saturated heterocycles. The molecular weight excluding hydrogens is 234 g/mol. The highest BCUT2D eigenvalue weighted by Crippen LogP contribution is 2.17. The predicted octanol–water partition coefficient (Wildman–Crippen LogP) is 2.36. The number of hydrogen-bond acceptors (Lipinski definition) is 3. The van der Waals surface area contributed by atoms with E-state index in [1.54, 1.807) is 0 Å². The van der Waals surface area contributed by atoms with E-state index in [0.29, 0.717) is 0 Å². The van der Waals surface area contributed by atoms with E-state index in [1.165, 1.54) is 10.5 Å². The fraction of sp³-hybridized carbons (Fsp3) is 0.462. The number of benzene rings is 1. The van der Waals surface area contributed by atoms with Crippen LogP contribution >= 0.6 is 11.8 Å². The lowest BCUT2D eigenvalue weighted by atomic mass is 10.1. The number of carbonyl (C=O) groups is 1. The summed E-state index contributed by atoms with van der Waals surface area (Å²) in [5.41, 5.74) is 1.25. The van der Waals surface area contributed by atoms with Gasteiger partial charge in [0.2, 0.25) is 0 Å². The molecule has 94 valence electrons. The molecule has 0 heterocycles. The maximum atomic E-state index is 10.5. The highest BCUT2D eigenvalue weighted by molar-refractivity contribution is 7.99. The van der Waals surface area contributed by atoms with E-state index in [2.05, 4.69) is 31.2 Å². The Kier molecular flexibility index (Phi) is 6.08. The molecule has 0 aliphatic heterocycles. The van der Waals surface area contributed by atoms with Crippen molar-refractivity contribution in [3.05, 3.63) is 29.8 Å². The Bertz CT molecular complexity index is 351. The summed E-state index contributed by atoms with van der Waals surface area (Å²) in [6.45, 7) is 3.01. The second kappa shape index (κ2) is 7.35. The first-order valence-corrected chi connectivity index (χ1v) is 6.72. The monoisotopic (exact) mass is 253 g/mol. The number of carboxylic acids is 1. The number of likely N-dealkylation sites (N-methyl/N-ethyl adjacent to an activating group) is 1. The van der Waals surface area contributed by atoms with Gasteiger partial charge in [0.15, 0.2) is 0 Å². The minimum absolute atomic E-state index is 0.101. The van der Waals surface area contributed by atoms with E-state index in [1.807, 2.05) is 23.7 Å². The Balaban J connectivity index is 2.38. The molecule has 4 heteroatoms. The van der Waals surface area contributed by atoms with E-state index in [-0.39, 0.29) is 6.54 Å². The van der Waals surface area contributed by atoms with Gasteiger partial charge in [0.25, 0.3) is 0 Å². The Morgan fingerprint density at radius 3 is 2.53 bits per heavy atom. The van der Waals surface area contributed by atoms with Crippen LogP contribution in [0, 0.1) is 0 Å². The van der Waals surface area contributed by atoms with Gasteiger partial charge in [-0.2, -0.15) is 0 Å². The highest BCUT2D eigenvalue weighted by atomic mass is 32.2. The Morgan fingerprint density at radius 2 is 2.00 bits per heavy atom. The summed E-state index contributed by atoms with van der Waals surface area (Å²) in [6, 6.07) is 8.49. The summed E-state index contributed by atoms with van der Waals surface area (Å²) >= 11 is 1.83. The quantitative estimate of drug-likeness (QED) is 0.757. The fourth-order valence-corrected chi connectivity index (χ4v) is 2.21. The average Bonchev–Trinajstić information content (AvgIpc) is 2.28. The van der Waals surface area contributed by atoms with Crippen LogP contribution in [-0.2, 0) is 11.2 Å². The first kappa shape index (κ1) is 14.1. The number of nitrogens with zero attached hydrogens (tertiary/aromatic N) is 1. The van der Waals surface area contributed by atoms with E-state index in [9.17, 15) is 4.79 Å². The summed E-state index contributed by atoms with van der Waals surface area (Å²) in [6.07, 6.45) is 0.890. The summed E-state index contributed by atoms with van der Waals surface area (Å²) < 4.78 is 0. The molecular formula is C13H19NO2S. The van der Waals surface area contributed by atoms with Gasteiger partial charge in [-0.1, -0.05) is 19.1 Å². The third-order valence-corrected chi connectivity index (χ3v) is 3.32. The second-order valence-electron chi connectivity index (χ2n) is 3.96. The summed E-state index contributed by atoms with van der Waals surface area (Å²) in [7, 11) is 1.83. The van der Waals surface area contributed by atoms with Crippen molar-refractivity contribution in [3.8, 4) is 0 Å². The van der Waals surface area contributed by atoms with Crippen molar-refractivity contribution in [3.63, 3.8) is 0 Å². The Labute approximate surface area is 107 Å². The highest BCUT2D eigenvalue weighted by Gasteiger charge is 2.04. The molecule has 1 N–H and O–H groups in total. The number of hydrogen-bond donors (Lipinski definition) is 1. The SMILES string of the molecule is CCSc1ccc(CCN(C)CC(=O)O)cc1. The second-order valence-corrected chi connectivity index (χ2v) is 5.30. The molecule has 0 saturated carbocycles. The molecule has 1 aromatic rings. The number of aliphatic carboxylic acids is 1. The summed E-state index contributed by atoms with van der Waals surface area (Å²) in [4.78, 5) is 13.6. The zero-order chi connectivity index (χ0) is 12.7. The lowest BCUT2D eigenvalue weighted by Crippen LogP contribution is -2.27. The molecule has 17 heavy (non-hydrogen) atoms. The van der Waals surface area contributed by atoms with E-state index < -0.39 is 5.97 Å². The van der Waals surface area contributed by atoms with Gasteiger partial charge in [0, 0.05) is 11.4 Å². The topological polar surface area (TPSA) is 40.5 Å². The van der Waals surface area contributed by atoms with E-state index in [4.69, 9.17) is 5.11 Å². The molecule has 3 nitrogen and oxygen atoms in total. The van der Waals surface area contributed by atoms with Gasteiger partial charge in [-0.05, 0) is 36.9 Å². The Hall–Kier alpha value is -1.00. The van der Waals surface area contributed by atoms with Crippen LogP contribution in [0.15, 0.2) is 29.2 Å². The number of thioether (sulfide) groups is 1. The zero-order valence-corrected chi connectivity index (χ0v) is 11.2. The third-order valence-electron chi connectivity index (χ3n) is 2.42. The zero-order valence-electron chi connectivity index (χ0n) is 10.3. The molecule has 0 unspecified atom stereocenters. The molecule has 0 spiro atoms. The van der Waals surface area contributed by atoms with Gasteiger partial charge in [-0.25, -0.2) is 0 Å². The van der Waals surface area contributed by atoms with Crippen LogP contribution in [0.2, 0.25) is 0 Å². The molecule has 0 fully saturated rings. The van der Waals surface area contributed by atoms with Gasteiger partial charge in [-0.15, -0.1) is 11.8 Å². The molecule has 0 bridgehead atoms. The molecule has 0 aliphatic rings. The van der Waals surface area contributed by atoms with Crippen molar-refractivity contribution < 1.29 is 9.90 Å². The van der Waals surface area contributed by atoms with Gasteiger partial charge >= 0.3 is 5.97 Å². The molecule has 0 aromatic heterocycles. The van der Waals surface area contributed by atoms with Gasteiger partial charge in [0.05, 0.1) is 6.54 Å². The van der Waals surface area contributed by atoms with E-state index >= 15 is 0 Å². The maximum absolute atomic E-state index is 10.5. The van der Waals surface area contributed by atoms with Crippen molar-refractivity contribution in [1.29, 1.82) is 0 Å². The minimum atomic E-state index is -0.776. The first-order chi connectivity index (χ1) is 8.11. The van der Waals surface area contributed by atoms with Crippen molar-refractivity contribution >= 4 is 17.7 Å². The van der Waals surface area contributed by atoms with Crippen LogP contribution in [0.4, 0.5) is 0 Å². The van der Waals surface area contributed by atoms with Gasteiger partial charge in [-0.3, -0.25) is 9.69 Å². The van der Waals surface area contributed by atoms with Crippen LogP contribution in [-0.4, -0.2) is 41.9 Å². The smallest absolute Gasteiger partial charge is 0.317 e. The van der Waals surface area contributed by atoms with Crippen LogP contribution < -0.4 is 0 Å². The lowest BCUT2D eigenvalue weighted by Gasteiger charge is -2.13. The standard InChI is InChI=1S/C13H19NO2S/c1-3-17-12-6-4-11(5-7-12)8-9-14(2)10-13(15)16/h4-7H,3,8-10H2,1-2H3,(H,15,16). The first-order valence-electron chi connectivity index (χ1n) is 5.74. The van der Waals surface area contributed by atoms with Crippen molar-refractivity contribution in [1.82, 2.24) is 4.90 Å². The molecule has 0 amide bonds. The van der Waals surface area contributed by atoms with Gasteiger partial charge in [0.1, 0.15) is 0 Å². The minimum Gasteiger partial charge on any atom is -0.480 e. The number of rotatable bonds is 7. The van der Waals surface area contributed by atoms with Gasteiger partial charge < -0.3 is 5.11 Å². The number of carboxylic acid groups (broad SMARTS) is 1. The molecule has 1 rings (SSSR count). The van der Waals surface area contributed by atoms with Crippen LogP contribution in [0.25, 0.3) is 0 Å². The maximum Gasteiger partial charge on any atom is 0.317 e. The van der Waals surface area contributed by atoms with Crippen molar-refractivity contribution in [2.45, 2.75) is 18.2 Å². The fourth-order valence-electron chi connectivity index (χ4n) is 1.55. The molecule has 1 aromatic carbocycles. The van der Waals surface area contributed by atoms with Crippen LogP contribution in [0.5, 0.6) is 0 Å². The lowest BCUT2D eigenvalue weighted by molar-refractivity contribution is -0.137. The normalized spacial score (nSPS) is 10.8. The average molecular weight is 253 g/mol. The largest absolute Gasteiger partial charge is 0.480 e. The van der Waals surface area contributed by atoms with Crippen LogP contribution in [0.1, 0.15) is 12.5 Å².